The minimum atomic E-state index is -4.48. The van der Waals surface area contributed by atoms with E-state index in [1.54, 1.807) is 7.05 Å². The summed E-state index contributed by atoms with van der Waals surface area (Å²) in [7, 11) is 3.03. The molecule has 1 aromatic carbocycles. The van der Waals surface area contributed by atoms with E-state index in [2.05, 4.69) is 20.7 Å². The SMILES string of the molecule is CN=C(NCc1ccccc1C)NCc1cn(C)nc1C(F)(F)F. The number of rotatable bonds is 4. The summed E-state index contributed by atoms with van der Waals surface area (Å²) in [6.07, 6.45) is -3.12. The highest BCUT2D eigenvalue weighted by molar-refractivity contribution is 5.79. The molecular weight excluding hydrogens is 319 g/mol. The zero-order chi connectivity index (χ0) is 17.7. The molecule has 8 heteroatoms. The Labute approximate surface area is 138 Å². The van der Waals surface area contributed by atoms with Crippen LogP contribution in [-0.4, -0.2) is 22.8 Å². The maximum absolute atomic E-state index is 12.9. The molecule has 1 aromatic heterocycles. The molecule has 24 heavy (non-hydrogen) atoms. The van der Waals surface area contributed by atoms with Crippen molar-refractivity contribution in [2.24, 2.45) is 12.0 Å². The number of nitrogens with one attached hydrogen (secondary N) is 2. The molecule has 0 aliphatic heterocycles. The summed E-state index contributed by atoms with van der Waals surface area (Å²) < 4.78 is 40.0. The van der Waals surface area contributed by atoms with Crippen LogP contribution in [0.15, 0.2) is 35.5 Å². The van der Waals surface area contributed by atoms with Crippen molar-refractivity contribution in [1.29, 1.82) is 0 Å². The molecule has 0 fully saturated rings. The summed E-state index contributed by atoms with van der Waals surface area (Å²) >= 11 is 0. The van der Waals surface area contributed by atoms with Gasteiger partial charge >= 0.3 is 6.18 Å². The molecule has 130 valence electrons. The van der Waals surface area contributed by atoms with E-state index in [0.29, 0.717) is 12.5 Å². The van der Waals surface area contributed by atoms with Crippen LogP contribution in [0.5, 0.6) is 0 Å². The molecule has 2 aromatic rings. The van der Waals surface area contributed by atoms with E-state index in [4.69, 9.17) is 0 Å². The maximum Gasteiger partial charge on any atom is 0.435 e. The molecule has 0 spiro atoms. The predicted molar refractivity (Wildman–Crippen MR) is 86.4 cm³/mol. The van der Waals surface area contributed by atoms with Gasteiger partial charge in [-0.1, -0.05) is 24.3 Å². The average molecular weight is 339 g/mol. The van der Waals surface area contributed by atoms with Crippen LogP contribution in [-0.2, 0) is 26.3 Å². The van der Waals surface area contributed by atoms with Gasteiger partial charge in [0.15, 0.2) is 11.7 Å². The second-order valence-electron chi connectivity index (χ2n) is 5.38. The number of hydrogen-bond donors (Lipinski definition) is 2. The third-order valence-corrected chi connectivity index (χ3v) is 3.55. The van der Waals surface area contributed by atoms with Crippen LogP contribution in [0.3, 0.4) is 0 Å². The Bertz CT molecular complexity index is 719. The van der Waals surface area contributed by atoms with Crippen molar-refractivity contribution in [2.75, 3.05) is 7.05 Å². The molecule has 0 radical (unpaired) electrons. The molecule has 5 nitrogen and oxygen atoms in total. The summed E-state index contributed by atoms with van der Waals surface area (Å²) in [6.45, 7) is 2.51. The summed E-state index contributed by atoms with van der Waals surface area (Å²) in [5, 5.41) is 9.46. The van der Waals surface area contributed by atoms with Gasteiger partial charge in [0.1, 0.15) is 0 Å². The van der Waals surface area contributed by atoms with Gasteiger partial charge in [-0.2, -0.15) is 18.3 Å². The van der Waals surface area contributed by atoms with Crippen LogP contribution in [0.25, 0.3) is 0 Å². The lowest BCUT2D eigenvalue weighted by atomic mass is 10.1. The predicted octanol–water partition coefficient (Wildman–Crippen LogP) is 2.61. The van der Waals surface area contributed by atoms with Gasteiger partial charge < -0.3 is 10.6 Å². The van der Waals surface area contributed by atoms with Crippen molar-refractivity contribution in [3.8, 4) is 0 Å². The Morgan fingerprint density at radius 3 is 2.38 bits per heavy atom. The number of aryl methyl sites for hydroxylation is 2. The van der Waals surface area contributed by atoms with Crippen molar-refractivity contribution in [1.82, 2.24) is 20.4 Å². The number of halogens is 3. The number of benzene rings is 1. The molecule has 0 aliphatic rings. The van der Waals surface area contributed by atoms with Crippen LogP contribution >= 0.6 is 0 Å². The lowest BCUT2D eigenvalue weighted by Gasteiger charge is -2.13. The van der Waals surface area contributed by atoms with Gasteiger partial charge in [-0.05, 0) is 18.1 Å². The average Bonchev–Trinajstić information content (AvgIpc) is 2.90. The summed E-state index contributed by atoms with van der Waals surface area (Å²) in [5.74, 6) is 0.426. The molecule has 2 N–H and O–H groups in total. The van der Waals surface area contributed by atoms with Crippen LogP contribution in [0.4, 0.5) is 13.2 Å². The lowest BCUT2D eigenvalue weighted by Crippen LogP contribution is -2.36. The van der Waals surface area contributed by atoms with Crippen molar-refractivity contribution in [3.63, 3.8) is 0 Å². The Balaban J connectivity index is 1.99. The van der Waals surface area contributed by atoms with Gasteiger partial charge in [-0.15, -0.1) is 0 Å². The third kappa shape index (κ3) is 4.50. The van der Waals surface area contributed by atoms with Crippen molar-refractivity contribution >= 4 is 5.96 Å². The summed E-state index contributed by atoms with van der Waals surface area (Å²) in [6, 6.07) is 7.87. The quantitative estimate of drug-likeness (QED) is 0.665. The highest BCUT2D eigenvalue weighted by Gasteiger charge is 2.36. The zero-order valence-corrected chi connectivity index (χ0v) is 13.8. The van der Waals surface area contributed by atoms with Crippen molar-refractivity contribution < 1.29 is 13.2 Å². The maximum atomic E-state index is 12.9. The Morgan fingerprint density at radius 1 is 1.17 bits per heavy atom. The first kappa shape index (κ1) is 17.8. The van der Waals surface area contributed by atoms with Crippen LogP contribution in [0.2, 0.25) is 0 Å². The van der Waals surface area contributed by atoms with Gasteiger partial charge in [0.05, 0.1) is 0 Å². The fourth-order valence-electron chi connectivity index (χ4n) is 2.29. The minimum absolute atomic E-state index is 0.0177. The fourth-order valence-corrected chi connectivity index (χ4v) is 2.29. The fraction of sp³-hybridized carbons (Fsp3) is 0.375. The molecule has 0 aliphatic carbocycles. The van der Waals surface area contributed by atoms with Gasteiger partial charge in [-0.25, -0.2) is 0 Å². The first-order valence-electron chi connectivity index (χ1n) is 7.40. The van der Waals surface area contributed by atoms with Gasteiger partial charge in [0.2, 0.25) is 0 Å². The topological polar surface area (TPSA) is 54.2 Å². The second-order valence-corrected chi connectivity index (χ2v) is 5.38. The first-order chi connectivity index (χ1) is 11.3. The zero-order valence-electron chi connectivity index (χ0n) is 13.8. The number of guanidine groups is 1. The molecule has 1 heterocycles. The standard InChI is InChI=1S/C16H20F3N5/c1-11-6-4-5-7-12(11)8-21-15(20-2)22-9-13-10-24(3)23-14(13)16(17,18)19/h4-7,10H,8-9H2,1-3H3,(H2,20,21,22). The monoisotopic (exact) mass is 339 g/mol. The minimum Gasteiger partial charge on any atom is -0.352 e. The number of aromatic nitrogens is 2. The number of alkyl halides is 3. The van der Waals surface area contributed by atoms with Crippen molar-refractivity contribution in [3.05, 3.63) is 52.8 Å². The van der Waals surface area contributed by atoms with E-state index >= 15 is 0 Å². The Kier molecular flexibility index (Phi) is 5.48. The van der Waals surface area contributed by atoms with Crippen LogP contribution in [0, 0.1) is 6.92 Å². The van der Waals surface area contributed by atoms with E-state index < -0.39 is 11.9 Å². The third-order valence-electron chi connectivity index (χ3n) is 3.55. The van der Waals surface area contributed by atoms with E-state index in [1.807, 2.05) is 31.2 Å². The van der Waals surface area contributed by atoms with E-state index in [9.17, 15) is 13.2 Å². The number of aliphatic imine (C=N–C) groups is 1. The molecule has 0 bridgehead atoms. The van der Waals surface area contributed by atoms with Crippen LogP contribution in [0.1, 0.15) is 22.4 Å². The van der Waals surface area contributed by atoms with Gasteiger partial charge in [0.25, 0.3) is 0 Å². The van der Waals surface area contributed by atoms with E-state index in [0.717, 1.165) is 15.8 Å². The summed E-state index contributed by atoms with van der Waals surface area (Å²) in [5.41, 5.74) is 1.42. The first-order valence-corrected chi connectivity index (χ1v) is 7.40. The largest absolute Gasteiger partial charge is 0.435 e. The lowest BCUT2D eigenvalue weighted by molar-refractivity contribution is -0.142. The molecule has 0 amide bonds. The highest BCUT2D eigenvalue weighted by atomic mass is 19.4. The van der Waals surface area contributed by atoms with E-state index in [1.165, 1.54) is 13.2 Å². The highest BCUT2D eigenvalue weighted by Crippen LogP contribution is 2.30. The van der Waals surface area contributed by atoms with E-state index in [-0.39, 0.29) is 12.1 Å². The van der Waals surface area contributed by atoms with Gasteiger partial charge in [-0.3, -0.25) is 9.67 Å². The molecular formula is C16H20F3N5. The smallest absolute Gasteiger partial charge is 0.352 e. The second kappa shape index (κ2) is 7.37. The molecule has 0 unspecified atom stereocenters. The Hall–Kier alpha value is -2.51. The van der Waals surface area contributed by atoms with Crippen LogP contribution < -0.4 is 10.6 Å². The van der Waals surface area contributed by atoms with Gasteiger partial charge in [0, 0.05) is 38.9 Å². The number of nitrogens with zero attached hydrogens (tertiary/aromatic N) is 3. The number of hydrogen-bond acceptors (Lipinski definition) is 2. The Morgan fingerprint density at radius 2 is 1.79 bits per heavy atom. The molecule has 2 rings (SSSR count). The molecule has 0 saturated carbocycles. The van der Waals surface area contributed by atoms with Crippen molar-refractivity contribution in [2.45, 2.75) is 26.2 Å². The molecule has 0 atom stereocenters. The summed E-state index contributed by atoms with van der Waals surface area (Å²) in [4.78, 5) is 4.03. The normalized spacial score (nSPS) is 12.3. The molecule has 0 saturated heterocycles.